The fraction of sp³-hybridized carbons (Fsp3) is 0.500. The van der Waals surface area contributed by atoms with E-state index in [9.17, 15) is 4.79 Å². The Balaban J connectivity index is 2.69. The summed E-state index contributed by atoms with van der Waals surface area (Å²) >= 11 is 0. The van der Waals surface area contributed by atoms with Crippen molar-refractivity contribution in [3.05, 3.63) is 29.8 Å². The van der Waals surface area contributed by atoms with Crippen molar-refractivity contribution in [1.82, 2.24) is 5.32 Å². The van der Waals surface area contributed by atoms with E-state index in [2.05, 4.69) is 5.32 Å². The van der Waals surface area contributed by atoms with Crippen molar-refractivity contribution in [2.24, 2.45) is 0 Å². The van der Waals surface area contributed by atoms with Crippen molar-refractivity contribution < 1.29 is 19.4 Å². The van der Waals surface area contributed by atoms with Gasteiger partial charge in [0.15, 0.2) is 0 Å². The second-order valence-corrected chi connectivity index (χ2v) is 4.40. The van der Waals surface area contributed by atoms with Gasteiger partial charge in [-0.2, -0.15) is 0 Å². The highest BCUT2D eigenvalue weighted by molar-refractivity contribution is 5.80. The van der Waals surface area contributed by atoms with E-state index < -0.39 is 5.54 Å². The lowest BCUT2D eigenvalue weighted by atomic mass is 10.1. The monoisotopic (exact) mass is 267 g/mol. The second-order valence-electron chi connectivity index (χ2n) is 4.40. The maximum atomic E-state index is 11.8. The molecule has 0 aliphatic heterocycles. The molecular formula is C14H21NO4. The number of ether oxygens (including phenoxy) is 2. The van der Waals surface area contributed by atoms with Gasteiger partial charge in [-0.1, -0.05) is 12.1 Å². The Morgan fingerprint density at radius 3 is 2.79 bits per heavy atom. The van der Waals surface area contributed by atoms with Gasteiger partial charge < -0.3 is 19.9 Å². The molecule has 2 N–H and O–H groups in total. The Bertz CT molecular complexity index is 422. The summed E-state index contributed by atoms with van der Waals surface area (Å²) < 4.78 is 10.6. The van der Waals surface area contributed by atoms with Crippen LogP contribution in [0, 0.1) is 0 Å². The molecule has 19 heavy (non-hydrogen) atoms. The van der Waals surface area contributed by atoms with Crippen LogP contribution in [-0.4, -0.2) is 36.9 Å². The number of aliphatic hydroxyl groups is 1. The lowest BCUT2D eigenvalue weighted by Crippen LogP contribution is -2.53. The van der Waals surface area contributed by atoms with Crippen LogP contribution in [0.2, 0.25) is 0 Å². The number of nitrogens with one attached hydrogen (secondary N) is 1. The first-order chi connectivity index (χ1) is 9.05. The number of rotatable bonds is 7. The van der Waals surface area contributed by atoms with Gasteiger partial charge >= 0.3 is 5.97 Å². The van der Waals surface area contributed by atoms with Crippen LogP contribution < -0.4 is 10.1 Å². The zero-order valence-corrected chi connectivity index (χ0v) is 11.6. The zero-order chi connectivity index (χ0) is 14.3. The molecule has 0 aliphatic rings. The fourth-order valence-electron chi connectivity index (χ4n) is 1.48. The van der Waals surface area contributed by atoms with Crippen LogP contribution in [0.25, 0.3) is 0 Å². The van der Waals surface area contributed by atoms with E-state index in [1.165, 1.54) is 0 Å². The third kappa shape index (κ3) is 4.22. The van der Waals surface area contributed by atoms with Gasteiger partial charge in [0.25, 0.3) is 0 Å². The maximum absolute atomic E-state index is 11.8. The first-order valence-electron chi connectivity index (χ1n) is 6.24. The molecule has 5 nitrogen and oxygen atoms in total. The minimum atomic E-state index is -0.898. The van der Waals surface area contributed by atoms with Crippen molar-refractivity contribution in [1.29, 1.82) is 0 Å². The predicted molar refractivity (Wildman–Crippen MR) is 72.0 cm³/mol. The Kier molecular flexibility index (Phi) is 5.79. The number of esters is 1. The number of likely N-dealkylation sites (N-methyl/N-ethyl adjacent to an activating group) is 1. The number of hydrogen-bond acceptors (Lipinski definition) is 5. The average molecular weight is 267 g/mol. The molecule has 1 unspecified atom stereocenters. The van der Waals surface area contributed by atoms with Crippen molar-refractivity contribution in [3.8, 4) is 5.75 Å². The van der Waals surface area contributed by atoms with Gasteiger partial charge in [-0.15, -0.1) is 0 Å². The fourth-order valence-corrected chi connectivity index (χ4v) is 1.48. The number of hydrogen-bond donors (Lipinski definition) is 2. The van der Waals surface area contributed by atoms with Crippen molar-refractivity contribution >= 4 is 5.97 Å². The summed E-state index contributed by atoms with van der Waals surface area (Å²) in [5.74, 6) is 0.258. The molecule has 1 aromatic carbocycles. The molecule has 5 heteroatoms. The number of benzene rings is 1. The SMILES string of the molecule is CCOC(=O)C(C)(COc1cccc(CO)c1)NC. The molecule has 1 atom stereocenters. The topological polar surface area (TPSA) is 67.8 Å². The molecule has 0 bridgehead atoms. The lowest BCUT2D eigenvalue weighted by Gasteiger charge is -2.26. The molecule has 0 spiro atoms. The summed E-state index contributed by atoms with van der Waals surface area (Å²) in [5.41, 5.74) is -0.134. The third-order valence-corrected chi connectivity index (χ3v) is 2.89. The van der Waals surface area contributed by atoms with Crippen LogP contribution in [0.4, 0.5) is 0 Å². The number of carbonyl (C=O) groups is 1. The second kappa shape index (κ2) is 7.11. The van der Waals surface area contributed by atoms with Gasteiger partial charge in [0.1, 0.15) is 17.9 Å². The normalized spacial score (nSPS) is 13.7. The molecule has 0 saturated heterocycles. The summed E-state index contributed by atoms with van der Waals surface area (Å²) in [6, 6.07) is 7.11. The molecule has 1 aromatic rings. The summed E-state index contributed by atoms with van der Waals surface area (Å²) in [5, 5.41) is 12.0. The average Bonchev–Trinajstić information content (AvgIpc) is 2.45. The first-order valence-corrected chi connectivity index (χ1v) is 6.24. The Morgan fingerprint density at radius 2 is 2.21 bits per heavy atom. The quantitative estimate of drug-likeness (QED) is 0.724. The summed E-state index contributed by atoms with van der Waals surface area (Å²) in [6.07, 6.45) is 0. The van der Waals surface area contributed by atoms with E-state index in [0.717, 1.165) is 5.56 Å². The molecule has 0 amide bonds. The highest BCUT2D eigenvalue weighted by atomic mass is 16.5. The molecule has 106 valence electrons. The van der Waals surface area contributed by atoms with Crippen LogP contribution in [0.1, 0.15) is 19.4 Å². The van der Waals surface area contributed by atoms with Crippen molar-refractivity contribution in [3.63, 3.8) is 0 Å². The first kappa shape index (κ1) is 15.5. The van der Waals surface area contributed by atoms with E-state index >= 15 is 0 Å². The van der Waals surface area contributed by atoms with Crippen LogP contribution in [0.3, 0.4) is 0 Å². The summed E-state index contributed by atoms with van der Waals surface area (Å²) in [7, 11) is 1.68. The Hall–Kier alpha value is -1.59. The van der Waals surface area contributed by atoms with Gasteiger partial charge in [-0.3, -0.25) is 0 Å². The minimum absolute atomic E-state index is 0.0433. The van der Waals surface area contributed by atoms with Crippen molar-refractivity contribution in [2.45, 2.75) is 26.0 Å². The molecule has 0 radical (unpaired) electrons. The highest BCUT2D eigenvalue weighted by Crippen LogP contribution is 2.16. The van der Waals surface area contributed by atoms with Gasteiger partial charge in [-0.25, -0.2) is 4.79 Å². The van der Waals surface area contributed by atoms with Gasteiger partial charge in [0.2, 0.25) is 0 Å². The van der Waals surface area contributed by atoms with Crippen molar-refractivity contribution in [2.75, 3.05) is 20.3 Å². The van der Waals surface area contributed by atoms with E-state index in [1.807, 2.05) is 0 Å². The number of aliphatic hydroxyl groups excluding tert-OH is 1. The largest absolute Gasteiger partial charge is 0.491 e. The van der Waals surface area contributed by atoms with Crippen LogP contribution >= 0.6 is 0 Å². The minimum Gasteiger partial charge on any atom is -0.491 e. The third-order valence-electron chi connectivity index (χ3n) is 2.89. The molecular weight excluding hydrogens is 246 g/mol. The summed E-state index contributed by atoms with van der Waals surface area (Å²) in [4.78, 5) is 11.8. The highest BCUT2D eigenvalue weighted by Gasteiger charge is 2.34. The molecule has 0 heterocycles. The van der Waals surface area contributed by atoms with Crippen LogP contribution in [-0.2, 0) is 16.1 Å². The van der Waals surface area contributed by atoms with E-state index in [4.69, 9.17) is 14.6 Å². The molecule has 0 saturated carbocycles. The number of carbonyl (C=O) groups excluding carboxylic acids is 1. The van der Waals surface area contributed by atoms with Gasteiger partial charge in [-0.05, 0) is 38.6 Å². The maximum Gasteiger partial charge on any atom is 0.329 e. The van der Waals surface area contributed by atoms with E-state index in [0.29, 0.717) is 12.4 Å². The van der Waals surface area contributed by atoms with Crippen LogP contribution in [0.5, 0.6) is 5.75 Å². The molecule has 0 aromatic heterocycles. The predicted octanol–water partition coefficient (Wildman–Crippen LogP) is 1.10. The lowest BCUT2D eigenvalue weighted by molar-refractivity contribution is -0.151. The van der Waals surface area contributed by atoms with E-state index in [1.54, 1.807) is 45.2 Å². The standard InChI is InChI=1S/C14H21NO4/c1-4-18-13(17)14(2,15-3)10-19-12-7-5-6-11(8-12)9-16/h5-8,15-16H,4,9-10H2,1-3H3. The molecule has 1 rings (SSSR count). The van der Waals surface area contributed by atoms with Crippen LogP contribution in [0.15, 0.2) is 24.3 Å². The molecule has 0 aliphatic carbocycles. The van der Waals surface area contributed by atoms with Gasteiger partial charge in [0, 0.05) is 0 Å². The van der Waals surface area contributed by atoms with Gasteiger partial charge in [0.05, 0.1) is 13.2 Å². The smallest absolute Gasteiger partial charge is 0.329 e. The molecule has 0 fully saturated rings. The summed E-state index contributed by atoms with van der Waals surface area (Å²) in [6.45, 7) is 3.92. The Labute approximate surface area is 113 Å². The Morgan fingerprint density at radius 1 is 1.47 bits per heavy atom. The van der Waals surface area contributed by atoms with E-state index in [-0.39, 0.29) is 19.2 Å². The zero-order valence-electron chi connectivity index (χ0n) is 11.6.